The van der Waals surface area contributed by atoms with Crippen molar-refractivity contribution in [3.05, 3.63) is 0 Å². The van der Waals surface area contributed by atoms with Crippen molar-refractivity contribution in [1.82, 2.24) is 10.2 Å². The zero-order valence-corrected chi connectivity index (χ0v) is 12.5. The fourth-order valence-corrected chi connectivity index (χ4v) is 4.20. The Morgan fingerprint density at radius 1 is 1.21 bits per heavy atom. The summed E-state index contributed by atoms with van der Waals surface area (Å²) in [6, 6.07) is 0.730. The molecular formula is C16H30N2O. The third-order valence-electron chi connectivity index (χ3n) is 5.51. The van der Waals surface area contributed by atoms with Crippen LogP contribution in [0.25, 0.3) is 0 Å². The quantitative estimate of drug-likeness (QED) is 0.849. The Bertz CT molecular complexity index is 282. The minimum Gasteiger partial charge on any atom is -0.378 e. The van der Waals surface area contributed by atoms with Crippen LogP contribution in [0.3, 0.4) is 0 Å². The minimum atomic E-state index is 0.446. The molecule has 1 N–H and O–H groups in total. The van der Waals surface area contributed by atoms with Crippen molar-refractivity contribution < 1.29 is 4.74 Å². The summed E-state index contributed by atoms with van der Waals surface area (Å²) < 4.78 is 5.79. The summed E-state index contributed by atoms with van der Waals surface area (Å²) in [7, 11) is 0. The van der Waals surface area contributed by atoms with E-state index in [2.05, 4.69) is 17.1 Å². The highest BCUT2D eigenvalue weighted by Gasteiger charge is 2.38. The van der Waals surface area contributed by atoms with E-state index in [0.29, 0.717) is 11.6 Å². The van der Waals surface area contributed by atoms with Crippen molar-refractivity contribution >= 4 is 0 Å². The molecule has 19 heavy (non-hydrogen) atoms. The Hall–Kier alpha value is -0.120. The highest BCUT2D eigenvalue weighted by atomic mass is 16.5. The van der Waals surface area contributed by atoms with Gasteiger partial charge in [-0.2, -0.15) is 0 Å². The topological polar surface area (TPSA) is 24.5 Å². The average Bonchev–Trinajstić information content (AvgIpc) is 3.03. The molecule has 0 aromatic heterocycles. The van der Waals surface area contributed by atoms with Gasteiger partial charge in [0.2, 0.25) is 0 Å². The fourth-order valence-electron chi connectivity index (χ4n) is 4.20. The van der Waals surface area contributed by atoms with Crippen LogP contribution in [0.4, 0.5) is 0 Å². The van der Waals surface area contributed by atoms with Crippen LogP contribution in [0, 0.1) is 0 Å². The van der Waals surface area contributed by atoms with Gasteiger partial charge < -0.3 is 10.1 Å². The van der Waals surface area contributed by atoms with Crippen molar-refractivity contribution in [2.75, 3.05) is 26.2 Å². The molecule has 3 nitrogen and oxygen atoms in total. The number of hydrogen-bond donors (Lipinski definition) is 1. The molecule has 3 heteroatoms. The SMILES string of the molecule is CC1CCNC2(CCCC2)CN1CCC1CCCO1. The maximum Gasteiger partial charge on any atom is 0.0588 e. The van der Waals surface area contributed by atoms with Crippen molar-refractivity contribution in [2.45, 2.75) is 76.0 Å². The van der Waals surface area contributed by atoms with Crippen molar-refractivity contribution in [3.8, 4) is 0 Å². The first-order chi connectivity index (χ1) is 9.27. The molecule has 1 aliphatic carbocycles. The molecule has 0 aromatic rings. The van der Waals surface area contributed by atoms with Crippen molar-refractivity contribution in [2.24, 2.45) is 0 Å². The number of hydrogen-bond acceptors (Lipinski definition) is 3. The lowest BCUT2D eigenvalue weighted by atomic mass is 9.97. The molecule has 1 spiro atoms. The smallest absolute Gasteiger partial charge is 0.0588 e. The first-order valence-electron chi connectivity index (χ1n) is 8.38. The second-order valence-corrected chi connectivity index (χ2v) is 6.95. The molecule has 0 aromatic carbocycles. The van der Waals surface area contributed by atoms with E-state index in [1.54, 1.807) is 0 Å². The van der Waals surface area contributed by atoms with E-state index < -0.39 is 0 Å². The monoisotopic (exact) mass is 266 g/mol. The highest BCUT2D eigenvalue weighted by molar-refractivity contribution is 4.98. The number of nitrogens with zero attached hydrogens (tertiary/aromatic N) is 1. The van der Waals surface area contributed by atoms with Gasteiger partial charge in [0.05, 0.1) is 6.10 Å². The number of rotatable bonds is 3. The van der Waals surface area contributed by atoms with E-state index in [-0.39, 0.29) is 0 Å². The van der Waals surface area contributed by atoms with Gasteiger partial charge in [0, 0.05) is 31.3 Å². The first kappa shape index (κ1) is 13.8. The lowest BCUT2D eigenvalue weighted by molar-refractivity contribution is 0.0807. The molecule has 2 atom stereocenters. The Balaban J connectivity index is 1.56. The molecule has 0 bridgehead atoms. The second kappa shape index (κ2) is 6.11. The third-order valence-corrected chi connectivity index (χ3v) is 5.51. The van der Waals surface area contributed by atoms with Crippen LogP contribution >= 0.6 is 0 Å². The zero-order chi connectivity index (χ0) is 13.1. The lowest BCUT2D eigenvalue weighted by Gasteiger charge is -2.35. The molecule has 2 saturated heterocycles. The summed E-state index contributed by atoms with van der Waals surface area (Å²) in [4.78, 5) is 2.74. The van der Waals surface area contributed by atoms with E-state index in [9.17, 15) is 0 Å². The van der Waals surface area contributed by atoms with Crippen LogP contribution in [0.15, 0.2) is 0 Å². The van der Waals surface area contributed by atoms with Crippen molar-refractivity contribution in [3.63, 3.8) is 0 Å². The molecule has 2 aliphatic heterocycles. The normalized spacial score (nSPS) is 35.8. The largest absolute Gasteiger partial charge is 0.378 e. The third kappa shape index (κ3) is 3.32. The van der Waals surface area contributed by atoms with Gasteiger partial charge in [0.1, 0.15) is 0 Å². The maximum atomic E-state index is 5.79. The van der Waals surface area contributed by atoms with E-state index >= 15 is 0 Å². The van der Waals surface area contributed by atoms with E-state index in [4.69, 9.17) is 4.74 Å². The van der Waals surface area contributed by atoms with Crippen LogP contribution in [0.1, 0.15) is 58.3 Å². The molecule has 3 aliphatic rings. The predicted octanol–water partition coefficient (Wildman–Crippen LogP) is 2.55. The molecule has 110 valence electrons. The van der Waals surface area contributed by atoms with Gasteiger partial charge in [-0.25, -0.2) is 0 Å². The molecule has 2 unspecified atom stereocenters. The summed E-state index contributed by atoms with van der Waals surface area (Å²) in [6.45, 7) is 7.10. The van der Waals surface area contributed by atoms with Gasteiger partial charge >= 0.3 is 0 Å². The lowest BCUT2D eigenvalue weighted by Crippen LogP contribution is -2.50. The van der Waals surface area contributed by atoms with Gasteiger partial charge in [-0.3, -0.25) is 4.90 Å². The fraction of sp³-hybridized carbons (Fsp3) is 1.00. The summed E-state index contributed by atoms with van der Waals surface area (Å²) in [5, 5.41) is 3.87. The standard InChI is InChI=1S/C16H30N2O/c1-14-6-10-17-16(8-2-3-9-16)13-18(14)11-7-15-5-4-12-19-15/h14-15,17H,2-13H2,1H3. The van der Waals surface area contributed by atoms with Gasteiger partial charge in [-0.15, -0.1) is 0 Å². The molecule has 3 rings (SSSR count). The van der Waals surface area contributed by atoms with Crippen LogP contribution < -0.4 is 5.32 Å². The molecule has 2 heterocycles. The van der Waals surface area contributed by atoms with Gasteiger partial charge in [0.25, 0.3) is 0 Å². The van der Waals surface area contributed by atoms with Crippen LogP contribution in [-0.4, -0.2) is 48.8 Å². The summed E-state index contributed by atoms with van der Waals surface area (Å²) in [5.41, 5.74) is 0.446. The highest BCUT2D eigenvalue weighted by Crippen LogP contribution is 2.33. The van der Waals surface area contributed by atoms with E-state index in [1.165, 1.54) is 71.0 Å². The summed E-state index contributed by atoms with van der Waals surface area (Å²) in [6.07, 6.45) is 11.2. The summed E-state index contributed by atoms with van der Waals surface area (Å²) >= 11 is 0. The Morgan fingerprint density at radius 2 is 2.05 bits per heavy atom. The van der Waals surface area contributed by atoms with Gasteiger partial charge in [-0.05, 0) is 52.0 Å². The Kier molecular flexibility index (Phi) is 4.45. The van der Waals surface area contributed by atoms with Gasteiger partial charge in [-0.1, -0.05) is 12.8 Å². The predicted molar refractivity (Wildman–Crippen MR) is 78.4 cm³/mol. The molecule has 0 radical (unpaired) electrons. The van der Waals surface area contributed by atoms with E-state index in [1.807, 2.05) is 0 Å². The zero-order valence-electron chi connectivity index (χ0n) is 12.5. The molecular weight excluding hydrogens is 236 g/mol. The average molecular weight is 266 g/mol. The van der Waals surface area contributed by atoms with Gasteiger partial charge in [0.15, 0.2) is 0 Å². The maximum absolute atomic E-state index is 5.79. The minimum absolute atomic E-state index is 0.446. The van der Waals surface area contributed by atoms with Crippen molar-refractivity contribution in [1.29, 1.82) is 0 Å². The number of ether oxygens (including phenoxy) is 1. The Labute approximate surface area is 118 Å². The van der Waals surface area contributed by atoms with Crippen LogP contribution in [-0.2, 0) is 4.74 Å². The second-order valence-electron chi connectivity index (χ2n) is 6.95. The number of nitrogens with one attached hydrogen (secondary N) is 1. The van der Waals surface area contributed by atoms with E-state index in [0.717, 1.165) is 12.6 Å². The summed E-state index contributed by atoms with van der Waals surface area (Å²) in [5.74, 6) is 0. The molecule has 3 fully saturated rings. The first-order valence-corrected chi connectivity index (χ1v) is 8.38. The molecule has 1 saturated carbocycles. The van der Waals surface area contributed by atoms with Crippen LogP contribution in [0.5, 0.6) is 0 Å². The van der Waals surface area contributed by atoms with Crippen LogP contribution in [0.2, 0.25) is 0 Å². The molecule has 0 amide bonds. The Morgan fingerprint density at radius 3 is 2.79 bits per heavy atom.